The summed E-state index contributed by atoms with van der Waals surface area (Å²) in [5.41, 5.74) is 7.47. The maximum atomic E-state index is 11.4. The van der Waals surface area contributed by atoms with Crippen LogP contribution in [0.4, 0.5) is 11.5 Å². The van der Waals surface area contributed by atoms with Gasteiger partial charge in [0.05, 0.1) is 0 Å². The molecule has 2 rings (SSSR count). The first-order valence-electron chi connectivity index (χ1n) is 6.36. The van der Waals surface area contributed by atoms with Gasteiger partial charge in [-0.05, 0) is 24.1 Å². The zero-order chi connectivity index (χ0) is 13.7. The van der Waals surface area contributed by atoms with Gasteiger partial charge < -0.3 is 16.0 Å². The highest BCUT2D eigenvalue weighted by Gasteiger charge is 1.99. The Hall–Kier alpha value is -2.30. The second kappa shape index (κ2) is 6.04. The fourth-order valence-corrected chi connectivity index (χ4v) is 1.79. The number of benzene rings is 1. The molecule has 2 aromatic rings. The summed E-state index contributed by atoms with van der Waals surface area (Å²) in [4.78, 5) is 18.4. The number of aryl methyl sites for hydroxylation is 1. The molecule has 1 aromatic heterocycles. The van der Waals surface area contributed by atoms with Crippen molar-refractivity contribution in [2.45, 2.75) is 19.8 Å². The molecule has 0 aliphatic heterocycles. The highest BCUT2D eigenvalue weighted by molar-refractivity contribution is 5.40. The van der Waals surface area contributed by atoms with Gasteiger partial charge in [0.2, 0.25) is 0 Å². The second-order valence-electron chi connectivity index (χ2n) is 4.35. The molecular formula is C14H18N4O. The molecule has 19 heavy (non-hydrogen) atoms. The van der Waals surface area contributed by atoms with Crippen LogP contribution >= 0.6 is 0 Å². The molecule has 100 valence electrons. The van der Waals surface area contributed by atoms with Crippen molar-refractivity contribution in [2.24, 2.45) is 0 Å². The average Bonchev–Trinajstić information content (AvgIpc) is 2.40. The number of anilines is 2. The molecule has 0 radical (unpaired) electrons. The molecule has 4 N–H and O–H groups in total. The van der Waals surface area contributed by atoms with E-state index in [1.807, 2.05) is 31.2 Å². The van der Waals surface area contributed by atoms with Gasteiger partial charge in [0.1, 0.15) is 11.6 Å². The fraction of sp³-hybridized carbons (Fsp3) is 0.286. The van der Waals surface area contributed by atoms with Gasteiger partial charge >= 0.3 is 0 Å². The summed E-state index contributed by atoms with van der Waals surface area (Å²) >= 11 is 0. The molecule has 0 amide bonds. The smallest absolute Gasteiger partial charge is 0.252 e. The molecule has 0 saturated carbocycles. The number of aromatic amines is 1. The van der Waals surface area contributed by atoms with Crippen LogP contribution in [0.1, 0.15) is 18.3 Å². The number of aromatic nitrogens is 2. The molecule has 0 bridgehead atoms. The van der Waals surface area contributed by atoms with E-state index >= 15 is 0 Å². The Morgan fingerprint density at radius 3 is 2.74 bits per heavy atom. The topological polar surface area (TPSA) is 83.8 Å². The number of rotatable bonds is 5. The van der Waals surface area contributed by atoms with Crippen LogP contribution in [0.25, 0.3) is 0 Å². The summed E-state index contributed by atoms with van der Waals surface area (Å²) in [6, 6.07) is 9.24. The van der Waals surface area contributed by atoms with Crippen LogP contribution in [0.15, 0.2) is 35.1 Å². The number of H-pyrrole nitrogens is 1. The number of hydrogen-bond acceptors (Lipinski definition) is 4. The summed E-state index contributed by atoms with van der Waals surface area (Å²) in [7, 11) is 0. The number of nitrogens with zero attached hydrogens (tertiary/aromatic N) is 1. The summed E-state index contributed by atoms with van der Waals surface area (Å²) in [5, 5.41) is 3.16. The van der Waals surface area contributed by atoms with E-state index in [1.54, 1.807) is 0 Å². The van der Waals surface area contributed by atoms with Crippen LogP contribution in [-0.4, -0.2) is 16.5 Å². The third-order valence-electron chi connectivity index (χ3n) is 2.83. The van der Waals surface area contributed by atoms with Gasteiger partial charge in [-0.1, -0.05) is 19.1 Å². The van der Waals surface area contributed by atoms with Crippen molar-refractivity contribution in [3.05, 3.63) is 52.1 Å². The highest BCUT2D eigenvalue weighted by Crippen LogP contribution is 2.06. The van der Waals surface area contributed by atoms with E-state index in [1.165, 1.54) is 11.6 Å². The second-order valence-corrected chi connectivity index (χ2v) is 4.35. The quantitative estimate of drug-likeness (QED) is 0.711. The standard InChI is InChI=1S/C14H18N4O/c1-2-12-17-13(9-14(19)18-12)16-8-7-10-3-5-11(15)6-4-10/h3-6,9H,2,7-8,15H2,1H3,(H2,16,17,18,19). The molecule has 1 heterocycles. The Bertz CT molecular complexity index is 589. The van der Waals surface area contributed by atoms with E-state index in [4.69, 9.17) is 5.73 Å². The van der Waals surface area contributed by atoms with Crippen LogP contribution in [0, 0.1) is 0 Å². The molecule has 5 heteroatoms. The fourth-order valence-electron chi connectivity index (χ4n) is 1.79. The lowest BCUT2D eigenvalue weighted by atomic mass is 10.1. The maximum Gasteiger partial charge on any atom is 0.252 e. The minimum Gasteiger partial charge on any atom is -0.399 e. The zero-order valence-corrected chi connectivity index (χ0v) is 10.9. The molecule has 1 aromatic carbocycles. The Morgan fingerprint density at radius 1 is 1.32 bits per heavy atom. The predicted octanol–water partition coefficient (Wildman–Crippen LogP) is 1.57. The first kappa shape index (κ1) is 13.1. The first-order chi connectivity index (χ1) is 9.17. The molecule has 0 saturated heterocycles. The van der Waals surface area contributed by atoms with E-state index in [2.05, 4.69) is 15.3 Å². The van der Waals surface area contributed by atoms with Gasteiger partial charge in [-0.3, -0.25) is 4.79 Å². The zero-order valence-electron chi connectivity index (χ0n) is 10.9. The Kier molecular flexibility index (Phi) is 4.18. The van der Waals surface area contributed by atoms with Crippen molar-refractivity contribution >= 4 is 11.5 Å². The highest BCUT2D eigenvalue weighted by atomic mass is 16.1. The van der Waals surface area contributed by atoms with E-state index in [9.17, 15) is 4.79 Å². The van der Waals surface area contributed by atoms with E-state index in [0.29, 0.717) is 18.1 Å². The minimum absolute atomic E-state index is 0.123. The van der Waals surface area contributed by atoms with Crippen LogP contribution in [0.2, 0.25) is 0 Å². The molecule has 0 atom stereocenters. The SMILES string of the molecule is CCc1nc(NCCc2ccc(N)cc2)cc(=O)[nH]1. The molecule has 0 fully saturated rings. The van der Waals surface area contributed by atoms with Crippen molar-refractivity contribution in [1.29, 1.82) is 0 Å². The van der Waals surface area contributed by atoms with Crippen LogP contribution in [-0.2, 0) is 12.8 Å². The van der Waals surface area contributed by atoms with Gasteiger partial charge in [0.25, 0.3) is 5.56 Å². The third-order valence-corrected chi connectivity index (χ3v) is 2.83. The van der Waals surface area contributed by atoms with Crippen molar-refractivity contribution < 1.29 is 0 Å². The average molecular weight is 258 g/mol. The predicted molar refractivity (Wildman–Crippen MR) is 77.3 cm³/mol. The van der Waals surface area contributed by atoms with Gasteiger partial charge in [-0.15, -0.1) is 0 Å². The summed E-state index contributed by atoms with van der Waals surface area (Å²) < 4.78 is 0. The maximum absolute atomic E-state index is 11.4. The number of hydrogen-bond donors (Lipinski definition) is 3. The monoisotopic (exact) mass is 258 g/mol. The minimum atomic E-state index is -0.123. The number of nitrogens with two attached hydrogens (primary N) is 1. The van der Waals surface area contributed by atoms with E-state index in [-0.39, 0.29) is 5.56 Å². The lowest BCUT2D eigenvalue weighted by molar-refractivity contribution is 0.909. The van der Waals surface area contributed by atoms with E-state index < -0.39 is 0 Å². The lowest BCUT2D eigenvalue weighted by Crippen LogP contribution is -2.14. The Balaban J connectivity index is 1.93. The van der Waals surface area contributed by atoms with Gasteiger partial charge in [-0.2, -0.15) is 0 Å². The van der Waals surface area contributed by atoms with Gasteiger partial charge in [0, 0.05) is 24.7 Å². The van der Waals surface area contributed by atoms with Crippen LogP contribution in [0.5, 0.6) is 0 Å². The lowest BCUT2D eigenvalue weighted by Gasteiger charge is -2.06. The first-order valence-corrected chi connectivity index (χ1v) is 6.36. The summed E-state index contributed by atoms with van der Waals surface area (Å²) in [5.74, 6) is 1.32. The summed E-state index contributed by atoms with van der Waals surface area (Å²) in [6.07, 6.45) is 1.57. The molecule has 0 spiro atoms. The van der Waals surface area contributed by atoms with Gasteiger partial charge in [0.15, 0.2) is 0 Å². The molecule has 0 unspecified atom stereocenters. The van der Waals surface area contributed by atoms with Crippen LogP contribution in [0.3, 0.4) is 0 Å². The number of nitrogens with one attached hydrogen (secondary N) is 2. The van der Waals surface area contributed by atoms with Crippen molar-refractivity contribution in [1.82, 2.24) is 9.97 Å². The molecule has 0 aliphatic carbocycles. The van der Waals surface area contributed by atoms with Crippen molar-refractivity contribution in [2.75, 3.05) is 17.6 Å². The Labute approximate surface area is 111 Å². The number of nitrogen functional groups attached to an aromatic ring is 1. The third kappa shape index (κ3) is 3.84. The van der Waals surface area contributed by atoms with Gasteiger partial charge in [-0.25, -0.2) is 4.98 Å². The van der Waals surface area contributed by atoms with Crippen molar-refractivity contribution in [3.63, 3.8) is 0 Å². The normalized spacial score (nSPS) is 10.4. The Morgan fingerprint density at radius 2 is 2.05 bits per heavy atom. The summed E-state index contributed by atoms with van der Waals surface area (Å²) in [6.45, 7) is 2.68. The van der Waals surface area contributed by atoms with Crippen molar-refractivity contribution in [3.8, 4) is 0 Å². The van der Waals surface area contributed by atoms with Crippen LogP contribution < -0.4 is 16.6 Å². The molecule has 0 aliphatic rings. The largest absolute Gasteiger partial charge is 0.399 e. The molecular weight excluding hydrogens is 240 g/mol. The van der Waals surface area contributed by atoms with E-state index in [0.717, 1.165) is 18.7 Å². The molecule has 5 nitrogen and oxygen atoms in total.